The lowest BCUT2D eigenvalue weighted by Crippen LogP contribution is -2.51. The zero-order chi connectivity index (χ0) is 14.6. The van der Waals surface area contributed by atoms with Gasteiger partial charge in [-0.1, -0.05) is 36.4 Å². The van der Waals surface area contributed by atoms with Crippen LogP contribution in [-0.4, -0.2) is 26.2 Å². The summed E-state index contributed by atoms with van der Waals surface area (Å²) in [6, 6.07) is 14.0. The topological polar surface area (TPSA) is 64.3 Å². The minimum absolute atomic E-state index is 0.399. The molecule has 2 rings (SSSR count). The van der Waals surface area contributed by atoms with Gasteiger partial charge in [0, 0.05) is 13.7 Å². The van der Waals surface area contributed by atoms with Gasteiger partial charge in [0.1, 0.15) is 5.54 Å². The summed E-state index contributed by atoms with van der Waals surface area (Å²) in [6.45, 7) is 2.88. The predicted octanol–water partition coefficient (Wildman–Crippen LogP) is 1.78. The van der Waals surface area contributed by atoms with E-state index in [0.29, 0.717) is 13.2 Å². The molecule has 0 aromatic heterocycles. The number of carbonyl (C=O) groups excluding carboxylic acids is 1. The number of amides is 1. The van der Waals surface area contributed by atoms with Crippen molar-refractivity contribution >= 4 is 16.7 Å². The highest BCUT2D eigenvalue weighted by molar-refractivity contribution is 5.89. The molecule has 2 aromatic rings. The average Bonchev–Trinajstić information content (AvgIpc) is 2.46. The third kappa shape index (κ3) is 2.81. The van der Waals surface area contributed by atoms with E-state index in [0.717, 1.165) is 16.3 Å². The van der Waals surface area contributed by atoms with Gasteiger partial charge in [-0.15, -0.1) is 0 Å². The van der Waals surface area contributed by atoms with Crippen molar-refractivity contribution in [1.29, 1.82) is 0 Å². The minimum Gasteiger partial charge on any atom is -0.383 e. The van der Waals surface area contributed by atoms with Crippen molar-refractivity contribution in [3.63, 3.8) is 0 Å². The number of fused-ring (bicyclic) bond motifs is 1. The molecule has 0 bridgehead atoms. The van der Waals surface area contributed by atoms with Gasteiger partial charge in [-0.25, -0.2) is 0 Å². The summed E-state index contributed by atoms with van der Waals surface area (Å²) in [4.78, 5) is 11.9. The molecule has 0 aliphatic carbocycles. The van der Waals surface area contributed by atoms with E-state index in [2.05, 4.69) is 5.32 Å². The van der Waals surface area contributed by atoms with Crippen LogP contribution in [0.1, 0.15) is 12.5 Å². The number of rotatable bonds is 6. The van der Waals surface area contributed by atoms with Crippen molar-refractivity contribution in [3.8, 4) is 0 Å². The van der Waals surface area contributed by atoms with Gasteiger partial charge in [-0.2, -0.15) is 0 Å². The van der Waals surface area contributed by atoms with Crippen molar-refractivity contribution in [2.24, 2.45) is 5.73 Å². The van der Waals surface area contributed by atoms with Crippen molar-refractivity contribution in [1.82, 2.24) is 5.32 Å². The lowest BCUT2D eigenvalue weighted by Gasteiger charge is -2.28. The maximum Gasteiger partial charge on any atom is 0.242 e. The van der Waals surface area contributed by atoms with Crippen molar-refractivity contribution in [2.45, 2.75) is 12.5 Å². The Morgan fingerprint density at radius 2 is 1.95 bits per heavy atom. The zero-order valence-corrected chi connectivity index (χ0v) is 11.8. The minimum atomic E-state index is -0.900. The van der Waals surface area contributed by atoms with Crippen LogP contribution in [0.2, 0.25) is 0 Å². The maximum absolute atomic E-state index is 11.9. The monoisotopic (exact) mass is 272 g/mol. The lowest BCUT2D eigenvalue weighted by atomic mass is 9.89. The van der Waals surface area contributed by atoms with Gasteiger partial charge in [0.15, 0.2) is 0 Å². The summed E-state index contributed by atoms with van der Waals surface area (Å²) in [5, 5.41) is 5.41. The first kappa shape index (κ1) is 14.5. The first-order valence-electron chi connectivity index (χ1n) is 6.61. The third-order valence-electron chi connectivity index (χ3n) is 3.60. The quantitative estimate of drug-likeness (QED) is 0.788. The van der Waals surface area contributed by atoms with Gasteiger partial charge in [0.2, 0.25) is 5.91 Å². The van der Waals surface area contributed by atoms with Gasteiger partial charge in [0.25, 0.3) is 0 Å². The molecule has 0 radical (unpaired) electrons. The average molecular weight is 272 g/mol. The summed E-state index contributed by atoms with van der Waals surface area (Å²) in [6.07, 6.45) is 0. The molecule has 4 nitrogen and oxygen atoms in total. The highest BCUT2D eigenvalue weighted by atomic mass is 16.5. The first-order valence-corrected chi connectivity index (χ1v) is 6.61. The highest BCUT2D eigenvalue weighted by Crippen LogP contribution is 2.24. The van der Waals surface area contributed by atoms with Crippen LogP contribution in [0.15, 0.2) is 42.5 Å². The fourth-order valence-corrected chi connectivity index (χ4v) is 2.23. The second-order valence-electron chi connectivity index (χ2n) is 4.97. The van der Waals surface area contributed by atoms with E-state index in [1.54, 1.807) is 14.0 Å². The van der Waals surface area contributed by atoms with E-state index in [4.69, 9.17) is 10.5 Å². The fraction of sp³-hybridized carbons (Fsp3) is 0.312. The van der Waals surface area contributed by atoms with Crippen LogP contribution in [0, 0.1) is 0 Å². The van der Waals surface area contributed by atoms with Gasteiger partial charge in [-0.05, 0) is 29.3 Å². The van der Waals surface area contributed by atoms with Crippen LogP contribution in [-0.2, 0) is 15.1 Å². The Morgan fingerprint density at radius 1 is 1.25 bits per heavy atom. The van der Waals surface area contributed by atoms with Crippen LogP contribution in [0.3, 0.4) is 0 Å². The number of benzene rings is 2. The molecule has 1 unspecified atom stereocenters. The van der Waals surface area contributed by atoms with Crippen LogP contribution < -0.4 is 11.1 Å². The molecule has 3 N–H and O–H groups in total. The number of methoxy groups -OCH3 is 1. The molecule has 2 aromatic carbocycles. The van der Waals surface area contributed by atoms with E-state index in [1.165, 1.54) is 0 Å². The summed E-state index contributed by atoms with van der Waals surface area (Å²) < 4.78 is 5.01. The van der Waals surface area contributed by atoms with Crippen molar-refractivity contribution in [3.05, 3.63) is 48.0 Å². The predicted molar refractivity (Wildman–Crippen MR) is 80.4 cm³/mol. The number of primary amides is 1. The number of ether oxygens (including phenoxy) is 1. The Balaban J connectivity index is 2.38. The largest absolute Gasteiger partial charge is 0.383 e. The molecule has 0 heterocycles. The van der Waals surface area contributed by atoms with E-state index < -0.39 is 11.4 Å². The number of nitrogens with one attached hydrogen (secondary N) is 1. The zero-order valence-electron chi connectivity index (χ0n) is 11.8. The fourth-order valence-electron chi connectivity index (χ4n) is 2.23. The SMILES string of the molecule is COCCNC(C)(C(N)=O)c1ccc2ccccc2c1. The molecule has 1 atom stereocenters. The normalized spacial score (nSPS) is 14.1. The van der Waals surface area contributed by atoms with E-state index >= 15 is 0 Å². The molecular weight excluding hydrogens is 252 g/mol. The molecule has 0 fully saturated rings. The van der Waals surface area contributed by atoms with Gasteiger partial charge in [0.05, 0.1) is 6.61 Å². The lowest BCUT2D eigenvalue weighted by molar-refractivity contribution is -0.124. The molecule has 20 heavy (non-hydrogen) atoms. The smallest absolute Gasteiger partial charge is 0.242 e. The summed E-state index contributed by atoms with van der Waals surface area (Å²) >= 11 is 0. The number of hydrogen-bond acceptors (Lipinski definition) is 3. The van der Waals surface area contributed by atoms with Crippen LogP contribution >= 0.6 is 0 Å². The Morgan fingerprint density at radius 3 is 2.60 bits per heavy atom. The van der Waals surface area contributed by atoms with Crippen LogP contribution in [0.4, 0.5) is 0 Å². The molecular formula is C16H20N2O2. The van der Waals surface area contributed by atoms with Crippen LogP contribution in [0.25, 0.3) is 10.8 Å². The number of hydrogen-bond donors (Lipinski definition) is 2. The Labute approximate surface area is 118 Å². The van der Waals surface area contributed by atoms with E-state index in [1.807, 2.05) is 42.5 Å². The van der Waals surface area contributed by atoms with E-state index in [-0.39, 0.29) is 0 Å². The van der Waals surface area contributed by atoms with E-state index in [9.17, 15) is 4.79 Å². The third-order valence-corrected chi connectivity index (χ3v) is 3.60. The highest BCUT2D eigenvalue weighted by Gasteiger charge is 2.32. The number of carbonyl (C=O) groups is 1. The molecule has 0 spiro atoms. The molecule has 0 saturated heterocycles. The molecule has 0 aliphatic heterocycles. The van der Waals surface area contributed by atoms with Crippen LogP contribution in [0.5, 0.6) is 0 Å². The van der Waals surface area contributed by atoms with Gasteiger partial charge in [-0.3, -0.25) is 10.1 Å². The standard InChI is InChI=1S/C16H20N2O2/c1-16(15(17)19,18-9-10-20-2)14-8-7-12-5-3-4-6-13(12)11-14/h3-8,11,18H,9-10H2,1-2H3,(H2,17,19). The molecule has 1 amide bonds. The van der Waals surface area contributed by atoms with Gasteiger partial charge >= 0.3 is 0 Å². The second kappa shape index (κ2) is 6.03. The molecule has 0 saturated carbocycles. The molecule has 4 heteroatoms. The Kier molecular flexibility index (Phi) is 4.37. The van der Waals surface area contributed by atoms with Gasteiger partial charge < -0.3 is 10.5 Å². The van der Waals surface area contributed by atoms with Crippen molar-refractivity contribution in [2.75, 3.05) is 20.3 Å². The van der Waals surface area contributed by atoms with Crippen molar-refractivity contribution < 1.29 is 9.53 Å². The molecule has 106 valence electrons. The summed E-state index contributed by atoms with van der Waals surface area (Å²) in [5.74, 6) is -0.399. The Hall–Kier alpha value is -1.91. The maximum atomic E-state index is 11.9. The first-order chi connectivity index (χ1) is 9.58. The Bertz CT molecular complexity index is 612. The summed E-state index contributed by atoms with van der Waals surface area (Å²) in [5.41, 5.74) is 5.55. The molecule has 0 aliphatic rings. The second-order valence-corrected chi connectivity index (χ2v) is 4.97. The number of nitrogens with two attached hydrogens (primary N) is 1. The summed E-state index contributed by atoms with van der Waals surface area (Å²) in [7, 11) is 1.62.